The maximum Gasteiger partial charge on any atom is 0.225 e. The first-order chi connectivity index (χ1) is 11.6. The summed E-state index contributed by atoms with van der Waals surface area (Å²) in [4.78, 5) is 16.9. The van der Waals surface area contributed by atoms with E-state index in [1.54, 1.807) is 0 Å². The fourth-order valence-corrected chi connectivity index (χ4v) is 3.05. The van der Waals surface area contributed by atoms with Crippen molar-refractivity contribution in [3.8, 4) is 0 Å². The molecule has 1 aliphatic heterocycles. The van der Waals surface area contributed by atoms with Gasteiger partial charge in [-0.3, -0.25) is 4.79 Å². The molecule has 2 aromatic rings. The Morgan fingerprint density at radius 2 is 2.21 bits per heavy atom. The molecule has 0 unspecified atom stereocenters. The van der Waals surface area contributed by atoms with Crippen LogP contribution in [0.25, 0.3) is 0 Å². The second kappa shape index (κ2) is 7.62. The molecule has 0 spiro atoms. The van der Waals surface area contributed by atoms with E-state index in [2.05, 4.69) is 21.1 Å². The van der Waals surface area contributed by atoms with Crippen LogP contribution in [0.1, 0.15) is 30.4 Å². The standard InChI is InChI=1S/C19H25N3O2/c1-14(12-24-13-16-6-4-3-5-7-16)19(23)21-17-8-9-18-20-15(2)10-22(18)11-17/h3-7,10,14,17H,8-9,11-13H2,1-2H3,(H,21,23)/t14-,17-/m0/s1. The molecule has 1 aromatic carbocycles. The molecule has 5 nitrogen and oxygen atoms in total. The molecule has 0 saturated heterocycles. The third-order valence-electron chi connectivity index (χ3n) is 4.39. The molecule has 0 bridgehead atoms. The van der Waals surface area contributed by atoms with Gasteiger partial charge in [0.2, 0.25) is 5.91 Å². The van der Waals surface area contributed by atoms with Gasteiger partial charge < -0.3 is 14.6 Å². The number of aryl methyl sites for hydroxylation is 2. The second-order valence-corrected chi connectivity index (χ2v) is 6.60. The van der Waals surface area contributed by atoms with Crippen molar-refractivity contribution >= 4 is 5.91 Å². The number of hydrogen-bond donors (Lipinski definition) is 1. The van der Waals surface area contributed by atoms with Crippen molar-refractivity contribution in [2.75, 3.05) is 6.61 Å². The Balaban J connectivity index is 1.43. The minimum Gasteiger partial charge on any atom is -0.376 e. The predicted molar refractivity (Wildman–Crippen MR) is 92.5 cm³/mol. The molecule has 0 saturated carbocycles. The molecular formula is C19H25N3O2. The summed E-state index contributed by atoms with van der Waals surface area (Å²) in [5.74, 6) is 1.03. The van der Waals surface area contributed by atoms with Gasteiger partial charge in [0.25, 0.3) is 0 Å². The Labute approximate surface area is 143 Å². The van der Waals surface area contributed by atoms with Crippen molar-refractivity contribution in [3.63, 3.8) is 0 Å². The molecule has 3 rings (SSSR count). The van der Waals surface area contributed by atoms with Crippen LogP contribution in [0.3, 0.4) is 0 Å². The van der Waals surface area contributed by atoms with Gasteiger partial charge in [-0.25, -0.2) is 4.98 Å². The number of rotatable bonds is 6. The maximum absolute atomic E-state index is 12.4. The summed E-state index contributed by atoms with van der Waals surface area (Å²) >= 11 is 0. The first kappa shape index (κ1) is 16.7. The zero-order valence-electron chi connectivity index (χ0n) is 14.4. The Morgan fingerprint density at radius 3 is 3.00 bits per heavy atom. The minimum atomic E-state index is -0.153. The summed E-state index contributed by atoms with van der Waals surface area (Å²) in [6.45, 7) is 5.70. The fourth-order valence-electron chi connectivity index (χ4n) is 3.05. The van der Waals surface area contributed by atoms with Gasteiger partial charge in [0.05, 0.1) is 24.8 Å². The van der Waals surface area contributed by atoms with Crippen molar-refractivity contribution in [2.45, 2.75) is 45.9 Å². The molecule has 0 aliphatic carbocycles. The number of aromatic nitrogens is 2. The maximum atomic E-state index is 12.4. The van der Waals surface area contributed by atoms with Crippen LogP contribution in [0.15, 0.2) is 36.5 Å². The van der Waals surface area contributed by atoms with Crippen molar-refractivity contribution in [1.29, 1.82) is 0 Å². The van der Waals surface area contributed by atoms with Gasteiger partial charge in [0, 0.05) is 25.2 Å². The van der Waals surface area contributed by atoms with Gasteiger partial charge in [-0.15, -0.1) is 0 Å². The Hall–Kier alpha value is -2.14. The molecule has 1 N–H and O–H groups in total. The van der Waals surface area contributed by atoms with Gasteiger partial charge in [0.15, 0.2) is 0 Å². The van der Waals surface area contributed by atoms with Crippen LogP contribution in [0.4, 0.5) is 0 Å². The average Bonchev–Trinajstić information content (AvgIpc) is 2.95. The highest BCUT2D eigenvalue weighted by Gasteiger charge is 2.23. The zero-order chi connectivity index (χ0) is 16.9. The SMILES string of the molecule is Cc1cn2c(n1)CC[C@H](NC(=O)[C@@H](C)COCc1ccccc1)C2. The van der Waals surface area contributed by atoms with E-state index in [-0.39, 0.29) is 17.9 Å². The van der Waals surface area contributed by atoms with Gasteiger partial charge >= 0.3 is 0 Å². The molecule has 0 fully saturated rings. The summed E-state index contributed by atoms with van der Waals surface area (Å²) in [6, 6.07) is 10.2. The number of hydrogen-bond acceptors (Lipinski definition) is 3. The lowest BCUT2D eigenvalue weighted by atomic mass is 10.1. The number of nitrogens with zero attached hydrogens (tertiary/aromatic N) is 2. The van der Waals surface area contributed by atoms with E-state index in [0.29, 0.717) is 13.2 Å². The van der Waals surface area contributed by atoms with Crippen LogP contribution in [0.2, 0.25) is 0 Å². The first-order valence-electron chi connectivity index (χ1n) is 8.56. The highest BCUT2D eigenvalue weighted by atomic mass is 16.5. The Kier molecular flexibility index (Phi) is 5.30. The number of fused-ring (bicyclic) bond motifs is 1. The predicted octanol–water partition coefficient (Wildman–Crippen LogP) is 2.48. The van der Waals surface area contributed by atoms with Gasteiger partial charge in [0.1, 0.15) is 5.82 Å². The molecule has 1 aliphatic rings. The topological polar surface area (TPSA) is 56.2 Å². The molecule has 0 radical (unpaired) electrons. The number of imidazole rings is 1. The average molecular weight is 327 g/mol. The van der Waals surface area contributed by atoms with Crippen LogP contribution in [0, 0.1) is 12.8 Å². The minimum absolute atomic E-state index is 0.0633. The van der Waals surface area contributed by atoms with Crippen molar-refractivity contribution < 1.29 is 9.53 Å². The monoisotopic (exact) mass is 327 g/mol. The normalized spacial score (nSPS) is 18.0. The van der Waals surface area contributed by atoms with Crippen molar-refractivity contribution in [2.24, 2.45) is 5.92 Å². The lowest BCUT2D eigenvalue weighted by Gasteiger charge is -2.26. The van der Waals surface area contributed by atoms with Crippen LogP contribution in [-0.2, 0) is 29.1 Å². The Bertz CT molecular complexity index is 681. The van der Waals surface area contributed by atoms with Gasteiger partial charge in [-0.2, -0.15) is 0 Å². The molecule has 2 atom stereocenters. The smallest absolute Gasteiger partial charge is 0.225 e. The molecular weight excluding hydrogens is 302 g/mol. The van der Waals surface area contributed by atoms with E-state index >= 15 is 0 Å². The fraction of sp³-hybridized carbons (Fsp3) is 0.474. The highest BCUT2D eigenvalue weighted by molar-refractivity contribution is 5.78. The van der Waals surface area contributed by atoms with Crippen LogP contribution < -0.4 is 5.32 Å². The number of carbonyl (C=O) groups is 1. The van der Waals surface area contributed by atoms with Gasteiger partial charge in [-0.05, 0) is 18.9 Å². The molecule has 1 aromatic heterocycles. The van der Waals surface area contributed by atoms with E-state index in [4.69, 9.17) is 4.74 Å². The molecule has 128 valence electrons. The Morgan fingerprint density at radius 1 is 1.42 bits per heavy atom. The summed E-state index contributed by atoms with van der Waals surface area (Å²) in [5, 5.41) is 3.15. The summed E-state index contributed by atoms with van der Waals surface area (Å²) in [7, 11) is 0. The second-order valence-electron chi connectivity index (χ2n) is 6.60. The summed E-state index contributed by atoms with van der Waals surface area (Å²) in [5.41, 5.74) is 2.17. The highest BCUT2D eigenvalue weighted by Crippen LogP contribution is 2.15. The lowest BCUT2D eigenvalue weighted by molar-refractivity contribution is -0.127. The molecule has 1 amide bonds. The lowest BCUT2D eigenvalue weighted by Crippen LogP contribution is -2.43. The van der Waals surface area contributed by atoms with Crippen LogP contribution >= 0.6 is 0 Å². The molecule has 5 heteroatoms. The van der Waals surface area contributed by atoms with E-state index in [9.17, 15) is 4.79 Å². The van der Waals surface area contributed by atoms with Crippen LogP contribution in [0.5, 0.6) is 0 Å². The van der Waals surface area contributed by atoms with E-state index in [1.807, 2.05) is 44.2 Å². The first-order valence-corrected chi connectivity index (χ1v) is 8.56. The quantitative estimate of drug-likeness (QED) is 0.887. The van der Waals surface area contributed by atoms with Gasteiger partial charge in [-0.1, -0.05) is 37.3 Å². The summed E-state index contributed by atoms with van der Waals surface area (Å²) in [6.07, 6.45) is 3.91. The largest absolute Gasteiger partial charge is 0.376 e. The summed E-state index contributed by atoms with van der Waals surface area (Å²) < 4.78 is 7.83. The van der Waals surface area contributed by atoms with Crippen LogP contribution in [-0.4, -0.2) is 28.1 Å². The van der Waals surface area contributed by atoms with E-state index < -0.39 is 0 Å². The van der Waals surface area contributed by atoms with Crippen molar-refractivity contribution in [3.05, 3.63) is 53.6 Å². The number of nitrogens with one attached hydrogen (secondary N) is 1. The number of ether oxygens (including phenoxy) is 1. The van der Waals surface area contributed by atoms with Crippen molar-refractivity contribution in [1.82, 2.24) is 14.9 Å². The third-order valence-corrected chi connectivity index (χ3v) is 4.39. The molecule has 2 heterocycles. The molecule has 24 heavy (non-hydrogen) atoms. The number of carbonyl (C=O) groups excluding carboxylic acids is 1. The third kappa shape index (κ3) is 4.23. The number of benzene rings is 1. The zero-order valence-corrected chi connectivity index (χ0v) is 14.4. The van der Waals surface area contributed by atoms with E-state index in [1.165, 1.54) is 0 Å². The van der Waals surface area contributed by atoms with E-state index in [0.717, 1.165) is 36.5 Å². The number of amides is 1.